The average Bonchev–Trinajstić information content (AvgIpc) is 2.79. The molecule has 0 aromatic heterocycles. The Bertz CT molecular complexity index is 256. The van der Waals surface area contributed by atoms with E-state index in [1.165, 1.54) is 0 Å². The van der Waals surface area contributed by atoms with Crippen molar-refractivity contribution < 1.29 is 9.90 Å². The normalized spacial score (nSPS) is 27.8. The Morgan fingerprint density at radius 3 is 2.65 bits per heavy atom. The van der Waals surface area contributed by atoms with Gasteiger partial charge in [-0.25, -0.2) is 0 Å². The van der Waals surface area contributed by atoms with Crippen molar-refractivity contribution >= 4 is 5.91 Å². The molecular formula is C13H26N2O2. The molecule has 2 unspecified atom stereocenters. The van der Waals surface area contributed by atoms with Crippen LogP contribution >= 0.6 is 0 Å². The van der Waals surface area contributed by atoms with Crippen molar-refractivity contribution in [2.75, 3.05) is 13.2 Å². The Balaban J connectivity index is 2.72. The predicted octanol–water partition coefficient (Wildman–Crippen LogP) is 1.19. The third kappa shape index (κ3) is 3.19. The second kappa shape index (κ2) is 5.83. The molecule has 1 aliphatic heterocycles. The minimum absolute atomic E-state index is 0.0164. The van der Waals surface area contributed by atoms with Crippen molar-refractivity contribution in [3.8, 4) is 0 Å². The lowest BCUT2D eigenvalue weighted by atomic mass is 9.89. The lowest BCUT2D eigenvalue weighted by Crippen LogP contribution is -2.60. The molecule has 1 amide bonds. The first-order valence-electron chi connectivity index (χ1n) is 6.70. The van der Waals surface area contributed by atoms with Gasteiger partial charge in [0.2, 0.25) is 5.91 Å². The maximum absolute atomic E-state index is 12.4. The fraction of sp³-hybridized carbons (Fsp3) is 0.923. The third-order valence-electron chi connectivity index (χ3n) is 3.90. The van der Waals surface area contributed by atoms with Gasteiger partial charge >= 0.3 is 0 Å². The lowest BCUT2D eigenvalue weighted by Gasteiger charge is -2.34. The number of aliphatic hydroxyl groups excluding tert-OH is 1. The summed E-state index contributed by atoms with van der Waals surface area (Å²) in [5.74, 6) is 0.0512. The maximum Gasteiger partial charge on any atom is 0.240 e. The fourth-order valence-electron chi connectivity index (χ4n) is 2.39. The number of carbonyl (C=O) groups is 1. The molecule has 3 N–H and O–H groups in total. The molecule has 0 aliphatic carbocycles. The quantitative estimate of drug-likeness (QED) is 0.655. The summed E-state index contributed by atoms with van der Waals surface area (Å²) in [7, 11) is 0. The number of aliphatic hydroxyl groups is 1. The van der Waals surface area contributed by atoms with Crippen LogP contribution in [-0.4, -0.2) is 35.2 Å². The van der Waals surface area contributed by atoms with Crippen LogP contribution in [0.5, 0.6) is 0 Å². The highest BCUT2D eigenvalue weighted by molar-refractivity contribution is 5.87. The van der Waals surface area contributed by atoms with Gasteiger partial charge in [0.1, 0.15) is 0 Å². The van der Waals surface area contributed by atoms with E-state index < -0.39 is 11.1 Å². The topological polar surface area (TPSA) is 61.4 Å². The van der Waals surface area contributed by atoms with Gasteiger partial charge in [-0.3, -0.25) is 4.79 Å². The van der Waals surface area contributed by atoms with Crippen LogP contribution < -0.4 is 10.6 Å². The molecule has 1 fully saturated rings. The van der Waals surface area contributed by atoms with Crippen LogP contribution in [0.15, 0.2) is 0 Å². The molecule has 17 heavy (non-hydrogen) atoms. The summed E-state index contributed by atoms with van der Waals surface area (Å²) in [6, 6.07) is 0. The van der Waals surface area contributed by atoms with E-state index in [1.807, 2.05) is 13.8 Å². The molecule has 0 aromatic rings. The summed E-state index contributed by atoms with van der Waals surface area (Å²) in [6.45, 7) is 6.86. The van der Waals surface area contributed by atoms with Gasteiger partial charge in [-0.1, -0.05) is 20.3 Å². The van der Waals surface area contributed by atoms with Crippen LogP contribution in [-0.2, 0) is 4.79 Å². The second-order valence-corrected chi connectivity index (χ2v) is 5.39. The zero-order valence-electron chi connectivity index (χ0n) is 11.3. The highest BCUT2D eigenvalue weighted by atomic mass is 16.3. The molecule has 0 saturated carbocycles. The van der Waals surface area contributed by atoms with Gasteiger partial charge in [-0.05, 0) is 39.2 Å². The van der Waals surface area contributed by atoms with E-state index in [2.05, 4.69) is 17.6 Å². The minimum Gasteiger partial charge on any atom is -0.394 e. The summed E-state index contributed by atoms with van der Waals surface area (Å²) in [5.41, 5.74) is -0.900. The number of nitrogens with one attached hydrogen (secondary N) is 2. The van der Waals surface area contributed by atoms with Crippen LogP contribution in [0.25, 0.3) is 0 Å². The van der Waals surface area contributed by atoms with Gasteiger partial charge < -0.3 is 15.7 Å². The van der Waals surface area contributed by atoms with Crippen molar-refractivity contribution in [1.82, 2.24) is 10.6 Å². The molecule has 1 rings (SSSR count). The summed E-state index contributed by atoms with van der Waals surface area (Å²) >= 11 is 0. The number of rotatable bonds is 6. The van der Waals surface area contributed by atoms with Crippen LogP contribution in [0.2, 0.25) is 0 Å². The predicted molar refractivity (Wildman–Crippen MR) is 68.8 cm³/mol. The molecule has 4 heteroatoms. The summed E-state index contributed by atoms with van der Waals surface area (Å²) in [5, 5.41) is 15.7. The van der Waals surface area contributed by atoms with Crippen molar-refractivity contribution in [1.29, 1.82) is 0 Å². The Morgan fingerprint density at radius 2 is 2.24 bits per heavy atom. The molecule has 100 valence electrons. The highest BCUT2D eigenvalue weighted by Gasteiger charge is 2.42. The zero-order valence-corrected chi connectivity index (χ0v) is 11.3. The van der Waals surface area contributed by atoms with Crippen LogP contribution in [0.1, 0.15) is 52.9 Å². The van der Waals surface area contributed by atoms with Gasteiger partial charge in [-0.2, -0.15) is 0 Å². The number of amides is 1. The highest BCUT2D eigenvalue weighted by Crippen LogP contribution is 2.26. The van der Waals surface area contributed by atoms with E-state index in [-0.39, 0.29) is 12.5 Å². The molecule has 0 aromatic carbocycles. The van der Waals surface area contributed by atoms with Gasteiger partial charge in [0.15, 0.2) is 0 Å². The van der Waals surface area contributed by atoms with Crippen molar-refractivity contribution in [2.45, 2.75) is 64.0 Å². The monoisotopic (exact) mass is 242 g/mol. The van der Waals surface area contributed by atoms with E-state index in [9.17, 15) is 9.90 Å². The van der Waals surface area contributed by atoms with Gasteiger partial charge in [0.05, 0.1) is 17.7 Å². The van der Waals surface area contributed by atoms with Crippen LogP contribution in [0, 0.1) is 0 Å². The fourth-order valence-corrected chi connectivity index (χ4v) is 2.39. The third-order valence-corrected chi connectivity index (χ3v) is 3.90. The Labute approximate surface area is 104 Å². The smallest absolute Gasteiger partial charge is 0.240 e. The summed E-state index contributed by atoms with van der Waals surface area (Å²) in [4.78, 5) is 12.4. The molecule has 2 atom stereocenters. The van der Waals surface area contributed by atoms with Crippen LogP contribution in [0.4, 0.5) is 0 Å². The SMILES string of the molecule is CCCC1(C(=O)NC(C)(CC)CO)CCCN1. The van der Waals surface area contributed by atoms with Gasteiger partial charge in [0, 0.05) is 0 Å². The van der Waals surface area contributed by atoms with E-state index in [4.69, 9.17) is 0 Å². The van der Waals surface area contributed by atoms with Gasteiger partial charge in [-0.15, -0.1) is 0 Å². The van der Waals surface area contributed by atoms with Crippen LogP contribution in [0.3, 0.4) is 0 Å². The largest absolute Gasteiger partial charge is 0.394 e. The average molecular weight is 242 g/mol. The summed E-state index contributed by atoms with van der Waals surface area (Å²) in [6.07, 6.45) is 4.54. The maximum atomic E-state index is 12.4. The molecular weight excluding hydrogens is 216 g/mol. The first-order chi connectivity index (χ1) is 8.02. The summed E-state index contributed by atoms with van der Waals surface area (Å²) < 4.78 is 0. The number of hydrogen-bond acceptors (Lipinski definition) is 3. The second-order valence-electron chi connectivity index (χ2n) is 5.39. The molecule has 1 heterocycles. The molecule has 0 spiro atoms. The standard InChI is InChI=1S/C13H26N2O2/c1-4-7-13(8-6-9-14-13)11(17)15-12(3,5-2)10-16/h14,16H,4-10H2,1-3H3,(H,15,17). The molecule has 1 aliphatic rings. The van der Waals surface area contributed by atoms with Crippen molar-refractivity contribution in [2.24, 2.45) is 0 Å². The molecule has 0 bridgehead atoms. The zero-order chi connectivity index (χ0) is 12.9. The van der Waals surface area contributed by atoms with E-state index >= 15 is 0 Å². The Morgan fingerprint density at radius 1 is 1.53 bits per heavy atom. The molecule has 0 radical (unpaired) electrons. The number of hydrogen-bond donors (Lipinski definition) is 3. The molecule has 4 nitrogen and oxygen atoms in total. The van der Waals surface area contributed by atoms with E-state index in [0.717, 1.165) is 38.6 Å². The number of carbonyl (C=O) groups excluding carboxylic acids is 1. The molecule has 1 saturated heterocycles. The lowest BCUT2D eigenvalue weighted by molar-refractivity contribution is -0.130. The first kappa shape index (κ1) is 14.5. The van der Waals surface area contributed by atoms with Crippen molar-refractivity contribution in [3.05, 3.63) is 0 Å². The van der Waals surface area contributed by atoms with E-state index in [0.29, 0.717) is 0 Å². The Hall–Kier alpha value is -0.610. The van der Waals surface area contributed by atoms with E-state index in [1.54, 1.807) is 0 Å². The minimum atomic E-state index is -0.498. The van der Waals surface area contributed by atoms with Gasteiger partial charge in [0.25, 0.3) is 0 Å². The first-order valence-corrected chi connectivity index (χ1v) is 6.70. The van der Waals surface area contributed by atoms with Crippen molar-refractivity contribution in [3.63, 3.8) is 0 Å². The Kier molecular flexibility index (Phi) is 4.95.